The van der Waals surface area contributed by atoms with Crippen LogP contribution in [-0.2, 0) is 4.74 Å². The van der Waals surface area contributed by atoms with Gasteiger partial charge in [-0.25, -0.2) is 9.18 Å². The van der Waals surface area contributed by atoms with E-state index in [1.807, 2.05) is 26.8 Å². The summed E-state index contributed by atoms with van der Waals surface area (Å²) in [4.78, 5) is 13.9. The Hall–Kier alpha value is -2.24. The fourth-order valence-corrected chi connectivity index (χ4v) is 2.63. The number of amides is 1. The number of halogens is 1. The SMILES string of the molecule is CC(C)(C)OC(=O)N1CCC=C1c1cc(F)cc2c1OCCO2. The van der Waals surface area contributed by atoms with E-state index in [2.05, 4.69) is 0 Å². The molecule has 6 heteroatoms. The van der Waals surface area contributed by atoms with Gasteiger partial charge in [-0.2, -0.15) is 0 Å². The van der Waals surface area contributed by atoms with Gasteiger partial charge in [0.1, 0.15) is 24.6 Å². The Balaban J connectivity index is 1.95. The monoisotopic (exact) mass is 321 g/mol. The lowest BCUT2D eigenvalue weighted by Gasteiger charge is -2.28. The van der Waals surface area contributed by atoms with Gasteiger partial charge in [-0.3, -0.25) is 4.90 Å². The largest absolute Gasteiger partial charge is 0.486 e. The van der Waals surface area contributed by atoms with E-state index < -0.39 is 17.5 Å². The Bertz CT molecular complexity index is 663. The van der Waals surface area contributed by atoms with Gasteiger partial charge in [-0.05, 0) is 33.3 Å². The zero-order valence-electron chi connectivity index (χ0n) is 13.5. The topological polar surface area (TPSA) is 48.0 Å². The molecule has 0 saturated heterocycles. The van der Waals surface area contributed by atoms with E-state index in [1.165, 1.54) is 17.0 Å². The van der Waals surface area contributed by atoms with Crippen molar-refractivity contribution in [1.82, 2.24) is 4.90 Å². The molecule has 0 fully saturated rings. The molecule has 0 N–H and O–H groups in total. The molecule has 1 amide bonds. The molecule has 2 aliphatic rings. The molecule has 23 heavy (non-hydrogen) atoms. The summed E-state index contributed by atoms with van der Waals surface area (Å²) < 4.78 is 30.4. The molecule has 0 spiro atoms. The van der Waals surface area contributed by atoms with Crippen LogP contribution in [0.25, 0.3) is 5.70 Å². The van der Waals surface area contributed by atoms with Gasteiger partial charge in [0.15, 0.2) is 11.5 Å². The number of nitrogens with zero attached hydrogens (tertiary/aromatic N) is 1. The number of hydrogen-bond donors (Lipinski definition) is 0. The summed E-state index contributed by atoms with van der Waals surface area (Å²) in [6.45, 7) is 6.70. The number of benzene rings is 1. The summed E-state index contributed by atoms with van der Waals surface area (Å²) in [5.41, 5.74) is 0.523. The summed E-state index contributed by atoms with van der Waals surface area (Å²) in [5.74, 6) is 0.406. The molecule has 5 nitrogen and oxygen atoms in total. The molecule has 0 bridgehead atoms. The van der Waals surface area contributed by atoms with Crippen LogP contribution in [0, 0.1) is 5.82 Å². The molecule has 3 rings (SSSR count). The van der Waals surface area contributed by atoms with Crippen molar-refractivity contribution in [2.24, 2.45) is 0 Å². The number of hydrogen-bond acceptors (Lipinski definition) is 4. The molecule has 0 aliphatic carbocycles. The first kappa shape index (κ1) is 15.6. The summed E-state index contributed by atoms with van der Waals surface area (Å²) in [7, 11) is 0. The number of rotatable bonds is 1. The standard InChI is InChI=1S/C17H20FNO4/c1-17(2,3)23-16(20)19-6-4-5-13(19)12-9-11(18)10-14-15(12)22-8-7-21-14/h5,9-10H,4,6-8H2,1-3H3. The minimum absolute atomic E-state index is 0.364. The van der Waals surface area contributed by atoms with E-state index in [0.717, 1.165) is 0 Å². The number of carbonyl (C=O) groups excluding carboxylic acids is 1. The highest BCUT2D eigenvalue weighted by molar-refractivity contribution is 5.86. The molecule has 124 valence electrons. The van der Waals surface area contributed by atoms with E-state index in [-0.39, 0.29) is 0 Å². The van der Waals surface area contributed by atoms with Crippen molar-refractivity contribution in [3.63, 3.8) is 0 Å². The highest BCUT2D eigenvalue weighted by Crippen LogP contribution is 2.41. The van der Waals surface area contributed by atoms with Crippen molar-refractivity contribution in [2.75, 3.05) is 19.8 Å². The van der Waals surface area contributed by atoms with E-state index >= 15 is 0 Å². The lowest BCUT2D eigenvalue weighted by Crippen LogP contribution is -2.34. The van der Waals surface area contributed by atoms with E-state index in [9.17, 15) is 9.18 Å². The van der Waals surface area contributed by atoms with Crippen molar-refractivity contribution < 1.29 is 23.4 Å². The second kappa shape index (κ2) is 5.76. The van der Waals surface area contributed by atoms with Crippen LogP contribution in [-0.4, -0.2) is 36.4 Å². The highest BCUT2D eigenvalue weighted by atomic mass is 19.1. The van der Waals surface area contributed by atoms with Crippen molar-refractivity contribution in [2.45, 2.75) is 32.8 Å². The van der Waals surface area contributed by atoms with Gasteiger partial charge < -0.3 is 14.2 Å². The number of ether oxygens (including phenoxy) is 3. The summed E-state index contributed by atoms with van der Waals surface area (Å²) in [5, 5.41) is 0. The predicted molar refractivity (Wildman–Crippen MR) is 82.9 cm³/mol. The van der Waals surface area contributed by atoms with E-state index in [4.69, 9.17) is 14.2 Å². The van der Waals surface area contributed by atoms with Crippen molar-refractivity contribution >= 4 is 11.8 Å². The smallest absolute Gasteiger partial charge is 0.414 e. The molecule has 0 saturated carbocycles. The average Bonchev–Trinajstić information content (AvgIpc) is 2.93. The van der Waals surface area contributed by atoms with Gasteiger partial charge in [0.25, 0.3) is 0 Å². The number of fused-ring (bicyclic) bond motifs is 1. The second-order valence-electron chi connectivity index (χ2n) is 6.49. The number of carbonyl (C=O) groups is 1. The minimum atomic E-state index is -0.592. The van der Waals surface area contributed by atoms with Crippen molar-refractivity contribution in [3.05, 3.63) is 29.6 Å². The van der Waals surface area contributed by atoms with Crippen LogP contribution >= 0.6 is 0 Å². The van der Waals surface area contributed by atoms with Gasteiger partial charge in [0, 0.05) is 18.2 Å². The third-order valence-corrected chi connectivity index (χ3v) is 3.48. The average molecular weight is 321 g/mol. The molecule has 1 aromatic rings. The first-order valence-electron chi connectivity index (χ1n) is 7.65. The molecular weight excluding hydrogens is 301 g/mol. The Kier molecular flexibility index (Phi) is 3.92. The fourth-order valence-electron chi connectivity index (χ4n) is 2.63. The van der Waals surface area contributed by atoms with Gasteiger partial charge in [-0.15, -0.1) is 0 Å². The predicted octanol–water partition coefficient (Wildman–Crippen LogP) is 3.58. The van der Waals surface area contributed by atoms with Gasteiger partial charge in [0.2, 0.25) is 0 Å². The molecule has 0 atom stereocenters. The van der Waals surface area contributed by atoms with Crippen LogP contribution in [0.1, 0.15) is 32.8 Å². The van der Waals surface area contributed by atoms with Crippen molar-refractivity contribution in [1.29, 1.82) is 0 Å². The molecule has 0 radical (unpaired) electrons. The maximum Gasteiger partial charge on any atom is 0.414 e. The normalized spacial score (nSPS) is 17.0. The Morgan fingerprint density at radius 2 is 2.00 bits per heavy atom. The lowest BCUT2D eigenvalue weighted by molar-refractivity contribution is 0.0365. The maximum absolute atomic E-state index is 13.9. The van der Waals surface area contributed by atoms with Gasteiger partial charge in [0.05, 0.1) is 5.70 Å². The zero-order chi connectivity index (χ0) is 16.6. The van der Waals surface area contributed by atoms with Crippen LogP contribution in [0.3, 0.4) is 0 Å². The van der Waals surface area contributed by atoms with E-state index in [0.29, 0.717) is 48.9 Å². The quantitative estimate of drug-likeness (QED) is 0.793. The first-order chi connectivity index (χ1) is 10.8. The minimum Gasteiger partial charge on any atom is -0.486 e. The summed E-state index contributed by atoms with van der Waals surface area (Å²) >= 11 is 0. The molecule has 2 heterocycles. The van der Waals surface area contributed by atoms with Crippen LogP contribution in [0.15, 0.2) is 18.2 Å². The van der Waals surface area contributed by atoms with Gasteiger partial charge >= 0.3 is 6.09 Å². The zero-order valence-corrected chi connectivity index (χ0v) is 13.5. The Morgan fingerprint density at radius 1 is 1.26 bits per heavy atom. The van der Waals surface area contributed by atoms with Gasteiger partial charge in [-0.1, -0.05) is 6.08 Å². The van der Waals surface area contributed by atoms with Crippen LogP contribution in [0.4, 0.5) is 9.18 Å². The van der Waals surface area contributed by atoms with Crippen LogP contribution in [0.5, 0.6) is 11.5 Å². The molecule has 1 aromatic carbocycles. The lowest BCUT2D eigenvalue weighted by atomic mass is 10.1. The van der Waals surface area contributed by atoms with Crippen molar-refractivity contribution in [3.8, 4) is 11.5 Å². The molecule has 0 unspecified atom stereocenters. The maximum atomic E-state index is 13.9. The first-order valence-corrected chi connectivity index (χ1v) is 7.65. The van der Waals surface area contributed by atoms with E-state index in [1.54, 1.807) is 0 Å². The third kappa shape index (κ3) is 3.25. The fraction of sp³-hybridized carbons (Fsp3) is 0.471. The Morgan fingerprint density at radius 3 is 2.74 bits per heavy atom. The van der Waals surface area contributed by atoms with Crippen LogP contribution in [0.2, 0.25) is 0 Å². The Labute approximate surface area is 134 Å². The molecule has 0 aromatic heterocycles. The highest BCUT2D eigenvalue weighted by Gasteiger charge is 2.31. The second-order valence-corrected chi connectivity index (χ2v) is 6.49. The third-order valence-electron chi connectivity index (χ3n) is 3.48. The summed E-state index contributed by atoms with van der Waals surface area (Å²) in [6.07, 6.45) is 2.12. The molecule has 2 aliphatic heterocycles. The molecular formula is C17H20FNO4. The summed E-state index contributed by atoms with van der Waals surface area (Å²) in [6, 6.07) is 2.66. The van der Waals surface area contributed by atoms with Crippen LogP contribution < -0.4 is 9.47 Å².